The van der Waals surface area contributed by atoms with Crippen molar-refractivity contribution in [2.24, 2.45) is 0 Å². The SMILES string of the molecule is Cc1ccc(CSCC(=O)N(Cc2ccc(Cl)cc2Cl)[C@H](Cc2ccccc2)C(=O)NC2CCCCC2)cc1. The molecule has 0 saturated heterocycles. The second kappa shape index (κ2) is 14.8. The van der Waals surface area contributed by atoms with Crippen LogP contribution in [0.1, 0.15) is 54.4 Å². The summed E-state index contributed by atoms with van der Waals surface area (Å²) in [5.74, 6) is 0.797. The molecule has 0 aromatic heterocycles. The number of benzene rings is 3. The van der Waals surface area contributed by atoms with E-state index >= 15 is 0 Å². The third-order valence-corrected chi connectivity index (χ3v) is 8.77. The van der Waals surface area contributed by atoms with Crippen LogP contribution in [0.25, 0.3) is 0 Å². The van der Waals surface area contributed by atoms with E-state index in [1.54, 1.807) is 28.8 Å². The van der Waals surface area contributed by atoms with Crippen molar-refractivity contribution in [1.29, 1.82) is 0 Å². The van der Waals surface area contributed by atoms with Crippen molar-refractivity contribution < 1.29 is 9.59 Å². The summed E-state index contributed by atoms with van der Waals surface area (Å²) in [6.45, 7) is 2.29. The minimum absolute atomic E-state index is 0.0853. The van der Waals surface area contributed by atoms with Crippen LogP contribution < -0.4 is 5.32 Å². The van der Waals surface area contributed by atoms with Gasteiger partial charge < -0.3 is 10.2 Å². The third kappa shape index (κ3) is 9.02. The molecule has 1 aliphatic rings. The van der Waals surface area contributed by atoms with Crippen LogP contribution in [0.4, 0.5) is 0 Å². The van der Waals surface area contributed by atoms with Crippen molar-refractivity contribution >= 4 is 46.8 Å². The molecule has 0 unspecified atom stereocenters. The summed E-state index contributed by atoms with van der Waals surface area (Å²) < 4.78 is 0. The summed E-state index contributed by atoms with van der Waals surface area (Å²) in [5.41, 5.74) is 4.15. The number of halogens is 2. The van der Waals surface area contributed by atoms with Gasteiger partial charge in [0.15, 0.2) is 0 Å². The van der Waals surface area contributed by atoms with Crippen LogP contribution in [0.3, 0.4) is 0 Å². The quantitative estimate of drug-likeness (QED) is 0.253. The fourth-order valence-corrected chi connectivity index (χ4v) is 6.29. The number of thioether (sulfide) groups is 1. The second-order valence-electron chi connectivity index (χ2n) is 10.3. The molecule has 39 heavy (non-hydrogen) atoms. The number of carbonyl (C=O) groups is 2. The fraction of sp³-hybridized carbons (Fsp3) is 0.375. The van der Waals surface area contributed by atoms with Crippen LogP contribution in [0.2, 0.25) is 10.0 Å². The predicted molar refractivity (Wildman–Crippen MR) is 163 cm³/mol. The lowest BCUT2D eigenvalue weighted by atomic mass is 9.94. The molecular weight excluding hydrogens is 547 g/mol. The van der Waals surface area contributed by atoms with E-state index in [1.807, 2.05) is 36.4 Å². The highest BCUT2D eigenvalue weighted by Gasteiger charge is 2.32. The second-order valence-corrected chi connectivity index (χ2v) is 12.1. The van der Waals surface area contributed by atoms with Gasteiger partial charge in [-0.15, -0.1) is 11.8 Å². The summed E-state index contributed by atoms with van der Waals surface area (Å²) in [6.07, 6.45) is 5.83. The molecule has 3 aromatic rings. The zero-order valence-electron chi connectivity index (χ0n) is 22.4. The van der Waals surface area contributed by atoms with E-state index < -0.39 is 6.04 Å². The van der Waals surface area contributed by atoms with Gasteiger partial charge in [0.25, 0.3) is 0 Å². The van der Waals surface area contributed by atoms with Crippen molar-refractivity contribution in [3.05, 3.63) is 105 Å². The Morgan fingerprint density at radius 3 is 2.36 bits per heavy atom. The van der Waals surface area contributed by atoms with Gasteiger partial charge in [0.2, 0.25) is 11.8 Å². The Bertz CT molecular complexity index is 1230. The molecule has 0 bridgehead atoms. The number of hydrogen-bond donors (Lipinski definition) is 1. The highest BCUT2D eigenvalue weighted by Crippen LogP contribution is 2.26. The lowest BCUT2D eigenvalue weighted by molar-refractivity contribution is -0.139. The first-order valence-electron chi connectivity index (χ1n) is 13.6. The molecule has 1 aliphatic carbocycles. The maximum absolute atomic E-state index is 13.9. The van der Waals surface area contributed by atoms with Crippen molar-refractivity contribution in [2.45, 2.75) is 69.8 Å². The van der Waals surface area contributed by atoms with Crippen LogP contribution in [0, 0.1) is 6.92 Å². The van der Waals surface area contributed by atoms with Gasteiger partial charge in [0.05, 0.1) is 5.75 Å². The maximum Gasteiger partial charge on any atom is 0.243 e. The van der Waals surface area contributed by atoms with E-state index in [9.17, 15) is 9.59 Å². The first-order valence-corrected chi connectivity index (χ1v) is 15.5. The van der Waals surface area contributed by atoms with E-state index in [-0.39, 0.29) is 30.2 Å². The zero-order valence-corrected chi connectivity index (χ0v) is 24.7. The Morgan fingerprint density at radius 1 is 0.949 bits per heavy atom. The van der Waals surface area contributed by atoms with E-state index in [4.69, 9.17) is 23.2 Å². The lowest BCUT2D eigenvalue weighted by Crippen LogP contribution is -2.53. The predicted octanol–water partition coefficient (Wildman–Crippen LogP) is 7.62. The normalized spacial score (nSPS) is 14.5. The Kier molecular flexibility index (Phi) is 11.2. The number of nitrogens with zero attached hydrogens (tertiary/aromatic N) is 1. The molecule has 4 nitrogen and oxygen atoms in total. The topological polar surface area (TPSA) is 49.4 Å². The van der Waals surface area contributed by atoms with Crippen LogP contribution in [0.5, 0.6) is 0 Å². The Hall–Kier alpha value is -2.47. The van der Waals surface area contributed by atoms with Gasteiger partial charge in [-0.2, -0.15) is 0 Å². The molecule has 1 saturated carbocycles. The Morgan fingerprint density at radius 2 is 1.67 bits per heavy atom. The van der Waals surface area contributed by atoms with Crippen molar-refractivity contribution in [1.82, 2.24) is 10.2 Å². The van der Waals surface area contributed by atoms with Crippen LogP contribution in [0.15, 0.2) is 72.8 Å². The van der Waals surface area contributed by atoms with Gasteiger partial charge in [0.1, 0.15) is 6.04 Å². The molecule has 1 atom stereocenters. The van der Waals surface area contributed by atoms with Gasteiger partial charge in [-0.25, -0.2) is 0 Å². The fourth-order valence-electron chi connectivity index (χ4n) is 4.96. The van der Waals surface area contributed by atoms with Crippen molar-refractivity contribution in [3.63, 3.8) is 0 Å². The molecule has 4 rings (SSSR count). The molecule has 0 radical (unpaired) electrons. The molecular formula is C32H36Cl2N2O2S. The molecule has 206 valence electrons. The Balaban J connectivity index is 1.58. The standard InChI is InChI=1S/C32H36Cl2N2O2S/c1-23-12-14-25(15-13-23)21-39-22-31(37)36(20-26-16-17-27(33)19-29(26)34)30(18-24-8-4-2-5-9-24)32(38)35-28-10-6-3-7-11-28/h2,4-5,8-9,12-17,19,28,30H,3,6-7,10-11,18,20-22H2,1H3,(H,35,38)/t30-/m1/s1. The minimum Gasteiger partial charge on any atom is -0.352 e. The van der Waals surface area contributed by atoms with Crippen LogP contribution >= 0.6 is 35.0 Å². The lowest BCUT2D eigenvalue weighted by Gasteiger charge is -2.33. The van der Waals surface area contributed by atoms with E-state index in [0.717, 1.165) is 42.6 Å². The van der Waals surface area contributed by atoms with Gasteiger partial charge in [-0.1, -0.05) is 109 Å². The average molecular weight is 584 g/mol. The number of rotatable bonds is 11. The number of amides is 2. The number of nitrogens with one attached hydrogen (secondary N) is 1. The minimum atomic E-state index is -0.659. The maximum atomic E-state index is 13.9. The molecule has 1 N–H and O–H groups in total. The summed E-state index contributed by atoms with van der Waals surface area (Å²) >= 11 is 14.3. The molecule has 0 spiro atoms. The summed E-state index contributed by atoms with van der Waals surface area (Å²) in [4.78, 5) is 29.4. The van der Waals surface area contributed by atoms with Crippen molar-refractivity contribution in [3.8, 4) is 0 Å². The van der Waals surface area contributed by atoms with Gasteiger partial charge in [-0.05, 0) is 48.6 Å². The summed E-state index contributed by atoms with van der Waals surface area (Å²) in [6, 6.07) is 23.0. The molecule has 3 aromatic carbocycles. The number of hydrogen-bond acceptors (Lipinski definition) is 3. The van der Waals surface area contributed by atoms with Crippen molar-refractivity contribution in [2.75, 3.05) is 5.75 Å². The monoisotopic (exact) mass is 582 g/mol. The third-order valence-electron chi connectivity index (χ3n) is 7.19. The largest absolute Gasteiger partial charge is 0.352 e. The van der Waals surface area contributed by atoms with E-state index in [2.05, 4.69) is 36.5 Å². The first-order chi connectivity index (χ1) is 18.9. The van der Waals surface area contributed by atoms with Crippen LogP contribution in [-0.2, 0) is 28.3 Å². The smallest absolute Gasteiger partial charge is 0.243 e. The van der Waals surface area contributed by atoms with Gasteiger partial charge >= 0.3 is 0 Å². The average Bonchev–Trinajstić information content (AvgIpc) is 2.94. The summed E-state index contributed by atoms with van der Waals surface area (Å²) in [7, 11) is 0. The molecule has 7 heteroatoms. The zero-order chi connectivity index (χ0) is 27.6. The molecule has 2 amide bonds. The van der Waals surface area contributed by atoms with E-state index in [0.29, 0.717) is 16.5 Å². The molecule has 0 aliphatic heterocycles. The van der Waals surface area contributed by atoms with Crippen LogP contribution in [-0.4, -0.2) is 34.6 Å². The highest BCUT2D eigenvalue weighted by atomic mass is 35.5. The van der Waals surface area contributed by atoms with Gasteiger partial charge in [-0.3, -0.25) is 9.59 Å². The number of carbonyl (C=O) groups excluding carboxylic acids is 2. The van der Waals surface area contributed by atoms with E-state index in [1.165, 1.54) is 17.5 Å². The number of aryl methyl sites for hydroxylation is 1. The first kappa shape index (κ1) is 29.5. The summed E-state index contributed by atoms with van der Waals surface area (Å²) in [5, 5.41) is 4.30. The molecule has 1 fully saturated rings. The highest BCUT2D eigenvalue weighted by molar-refractivity contribution is 7.99. The Labute approximate surface area is 246 Å². The van der Waals surface area contributed by atoms with Gasteiger partial charge in [0, 0.05) is 34.8 Å². The molecule has 0 heterocycles.